The van der Waals surface area contributed by atoms with Crippen LogP contribution in [0.1, 0.15) is 18.5 Å². The third-order valence-corrected chi connectivity index (χ3v) is 5.21. The van der Waals surface area contributed by atoms with Crippen molar-refractivity contribution < 1.29 is 0 Å². The van der Waals surface area contributed by atoms with Crippen LogP contribution in [0.5, 0.6) is 0 Å². The number of nitrogens with one attached hydrogen (secondary N) is 1. The molecule has 0 bridgehead atoms. The van der Waals surface area contributed by atoms with Gasteiger partial charge in [0.05, 0.1) is 10.4 Å². The summed E-state index contributed by atoms with van der Waals surface area (Å²) in [5, 5.41) is 8.95. The van der Waals surface area contributed by atoms with E-state index in [1.807, 2.05) is 24.7 Å². The van der Waals surface area contributed by atoms with Crippen LogP contribution in [0.2, 0.25) is 0 Å². The van der Waals surface area contributed by atoms with E-state index in [1.165, 1.54) is 0 Å². The standard InChI is InChI=1S/C15H19N7S/c1-10-12-13(21(2)20-10)19-15(23-12)18-11-5-3-8-22(9-11)14-16-6-4-7-17-14/h4,6-7,11H,3,5,8-9H2,1-2H3,(H,18,19)/t11-/m0/s1. The fourth-order valence-electron chi connectivity index (χ4n) is 3.05. The van der Waals surface area contributed by atoms with Gasteiger partial charge in [0.15, 0.2) is 10.8 Å². The highest BCUT2D eigenvalue weighted by Crippen LogP contribution is 2.29. The maximum atomic E-state index is 4.68. The maximum absolute atomic E-state index is 4.68. The summed E-state index contributed by atoms with van der Waals surface area (Å²) in [6, 6.07) is 2.21. The van der Waals surface area contributed by atoms with Crippen LogP contribution < -0.4 is 10.2 Å². The molecule has 7 nitrogen and oxygen atoms in total. The molecule has 1 aliphatic rings. The fraction of sp³-hybridized carbons (Fsp3) is 0.467. The minimum atomic E-state index is 0.362. The monoisotopic (exact) mass is 329 g/mol. The number of piperidine rings is 1. The second-order valence-corrected chi connectivity index (χ2v) is 6.86. The second kappa shape index (κ2) is 5.77. The van der Waals surface area contributed by atoms with Crippen molar-refractivity contribution in [2.45, 2.75) is 25.8 Å². The molecule has 1 aliphatic heterocycles. The van der Waals surface area contributed by atoms with Crippen LogP contribution in [0.3, 0.4) is 0 Å². The summed E-state index contributed by atoms with van der Waals surface area (Å²) < 4.78 is 3.01. The van der Waals surface area contributed by atoms with E-state index in [1.54, 1.807) is 23.7 Å². The Morgan fingerprint density at radius 1 is 1.30 bits per heavy atom. The lowest BCUT2D eigenvalue weighted by atomic mass is 10.1. The van der Waals surface area contributed by atoms with Gasteiger partial charge in [-0.2, -0.15) is 5.10 Å². The van der Waals surface area contributed by atoms with E-state index in [-0.39, 0.29) is 0 Å². The first-order chi connectivity index (χ1) is 11.2. The number of hydrogen-bond donors (Lipinski definition) is 1. The highest BCUT2D eigenvalue weighted by Gasteiger charge is 2.23. The third kappa shape index (κ3) is 2.74. The smallest absolute Gasteiger partial charge is 0.225 e. The molecule has 3 aromatic heterocycles. The molecule has 23 heavy (non-hydrogen) atoms. The summed E-state index contributed by atoms with van der Waals surface area (Å²) in [6.07, 6.45) is 5.85. The van der Waals surface area contributed by atoms with E-state index in [9.17, 15) is 0 Å². The number of rotatable bonds is 3. The highest BCUT2D eigenvalue weighted by molar-refractivity contribution is 7.22. The molecule has 1 fully saturated rings. The minimum Gasteiger partial charge on any atom is -0.357 e. The molecule has 120 valence electrons. The average molecular weight is 329 g/mol. The Balaban J connectivity index is 1.50. The molecule has 4 rings (SSSR count). The van der Waals surface area contributed by atoms with Crippen LogP contribution in [0.4, 0.5) is 11.1 Å². The zero-order valence-corrected chi connectivity index (χ0v) is 14.0. The molecule has 0 spiro atoms. The summed E-state index contributed by atoms with van der Waals surface area (Å²) in [6.45, 7) is 3.93. The number of nitrogens with zero attached hydrogens (tertiary/aromatic N) is 6. The number of hydrogen-bond acceptors (Lipinski definition) is 7. The van der Waals surface area contributed by atoms with Gasteiger partial charge in [0.2, 0.25) is 5.95 Å². The lowest BCUT2D eigenvalue weighted by molar-refractivity contribution is 0.522. The van der Waals surface area contributed by atoms with Crippen molar-refractivity contribution in [1.82, 2.24) is 24.7 Å². The van der Waals surface area contributed by atoms with Crippen molar-refractivity contribution in [2.24, 2.45) is 7.05 Å². The topological polar surface area (TPSA) is 71.8 Å². The summed E-state index contributed by atoms with van der Waals surface area (Å²) in [5.74, 6) is 0.809. The molecule has 4 heterocycles. The maximum Gasteiger partial charge on any atom is 0.225 e. The van der Waals surface area contributed by atoms with Crippen LogP contribution in [-0.4, -0.2) is 43.9 Å². The van der Waals surface area contributed by atoms with Crippen LogP contribution in [0, 0.1) is 6.92 Å². The van der Waals surface area contributed by atoms with Gasteiger partial charge >= 0.3 is 0 Å². The Bertz CT molecular complexity index is 775. The largest absolute Gasteiger partial charge is 0.357 e. The van der Waals surface area contributed by atoms with Crippen molar-refractivity contribution in [3.63, 3.8) is 0 Å². The predicted molar refractivity (Wildman–Crippen MR) is 92.0 cm³/mol. The highest BCUT2D eigenvalue weighted by atomic mass is 32.1. The SMILES string of the molecule is Cc1nn(C)c2nc(N[C@H]3CCCN(c4ncccn4)C3)sc12. The molecular formula is C15H19N7S. The van der Waals surface area contributed by atoms with E-state index >= 15 is 0 Å². The quantitative estimate of drug-likeness (QED) is 0.794. The molecule has 0 aromatic carbocycles. The number of aromatic nitrogens is 5. The number of anilines is 2. The average Bonchev–Trinajstić information content (AvgIpc) is 3.10. The van der Waals surface area contributed by atoms with Gasteiger partial charge in [-0.05, 0) is 25.8 Å². The van der Waals surface area contributed by atoms with E-state index in [0.717, 1.165) is 53.1 Å². The summed E-state index contributed by atoms with van der Waals surface area (Å²) in [5.41, 5.74) is 1.99. The first-order valence-corrected chi connectivity index (χ1v) is 8.61. The minimum absolute atomic E-state index is 0.362. The van der Waals surface area contributed by atoms with Gasteiger partial charge < -0.3 is 10.2 Å². The Kier molecular flexibility index (Phi) is 3.60. The van der Waals surface area contributed by atoms with Crippen molar-refractivity contribution in [3.05, 3.63) is 24.2 Å². The molecular weight excluding hydrogens is 310 g/mol. The Labute approximate surface area is 138 Å². The van der Waals surface area contributed by atoms with E-state index < -0.39 is 0 Å². The molecule has 0 amide bonds. The third-order valence-electron chi connectivity index (χ3n) is 4.13. The Morgan fingerprint density at radius 2 is 2.13 bits per heavy atom. The van der Waals surface area contributed by atoms with Gasteiger partial charge in [0, 0.05) is 38.6 Å². The normalized spacial score (nSPS) is 18.5. The molecule has 1 saturated heterocycles. The second-order valence-electron chi connectivity index (χ2n) is 5.86. The zero-order valence-electron chi connectivity index (χ0n) is 13.2. The van der Waals surface area contributed by atoms with E-state index in [0.29, 0.717) is 6.04 Å². The Morgan fingerprint density at radius 3 is 2.91 bits per heavy atom. The first kappa shape index (κ1) is 14.4. The molecule has 0 aliphatic carbocycles. The summed E-state index contributed by atoms with van der Waals surface area (Å²) >= 11 is 1.68. The molecule has 0 saturated carbocycles. The summed E-state index contributed by atoms with van der Waals surface area (Å²) in [7, 11) is 1.94. The van der Waals surface area contributed by atoms with Crippen molar-refractivity contribution in [1.29, 1.82) is 0 Å². The fourth-order valence-corrected chi connectivity index (χ4v) is 4.06. The van der Waals surface area contributed by atoms with Gasteiger partial charge in [-0.15, -0.1) is 0 Å². The van der Waals surface area contributed by atoms with Crippen molar-refractivity contribution >= 4 is 32.8 Å². The van der Waals surface area contributed by atoms with Crippen molar-refractivity contribution in [3.8, 4) is 0 Å². The van der Waals surface area contributed by atoms with Gasteiger partial charge in [0.25, 0.3) is 0 Å². The van der Waals surface area contributed by atoms with Gasteiger partial charge in [-0.1, -0.05) is 11.3 Å². The Hall–Kier alpha value is -2.22. The van der Waals surface area contributed by atoms with Crippen LogP contribution >= 0.6 is 11.3 Å². The zero-order chi connectivity index (χ0) is 15.8. The molecule has 8 heteroatoms. The van der Waals surface area contributed by atoms with Gasteiger partial charge in [-0.3, -0.25) is 0 Å². The van der Waals surface area contributed by atoms with Gasteiger partial charge in [0.1, 0.15) is 0 Å². The predicted octanol–water partition coefficient (Wildman–Crippen LogP) is 2.21. The molecule has 0 radical (unpaired) electrons. The number of fused-ring (bicyclic) bond motifs is 1. The van der Waals surface area contributed by atoms with Crippen LogP contribution in [-0.2, 0) is 7.05 Å². The van der Waals surface area contributed by atoms with Crippen molar-refractivity contribution in [2.75, 3.05) is 23.3 Å². The van der Waals surface area contributed by atoms with Crippen LogP contribution in [0.15, 0.2) is 18.5 Å². The molecule has 1 atom stereocenters. The van der Waals surface area contributed by atoms with E-state index in [2.05, 4.69) is 30.3 Å². The number of aryl methyl sites for hydroxylation is 2. The first-order valence-electron chi connectivity index (χ1n) is 7.79. The lowest BCUT2D eigenvalue weighted by Crippen LogP contribution is -2.42. The van der Waals surface area contributed by atoms with Gasteiger partial charge in [-0.25, -0.2) is 19.6 Å². The van der Waals surface area contributed by atoms with E-state index in [4.69, 9.17) is 0 Å². The number of thiazole rings is 1. The lowest BCUT2D eigenvalue weighted by Gasteiger charge is -2.32. The molecule has 1 N–H and O–H groups in total. The summed E-state index contributed by atoms with van der Waals surface area (Å²) in [4.78, 5) is 15.6. The van der Waals surface area contributed by atoms with Crippen LogP contribution in [0.25, 0.3) is 10.3 Å². The molecule has 0 unspecified atom stereocenters. The molecule has 3 aromatic rings.